The van der Waals surface area contributed by atoms with E-state index in [1.165, 1.54) is 4.90 Å². The molecule has 1 fully saturated rings. The van der Waals surface area contributed by atoms with E-state index in [-0.39, 0.29) is 18.9 Å². The van der Waals surface area contributed by atoms with Crippen molar-refractivity contribution in [3.05, 3.63) is 0 Å². The van der Waals surface area contributed by atoms with E-state index >= 15 is 0 Å². The summed E-state index contributed by atoms with van der Waals surface area (Å²) in [4.78, 5) is 13.1. The highest BCUT2D eigenvalue weighted by Crippen LogP contribution is 2.19. The predicted octanol–water partition coefficient (Wildman–Crippen LogP) is -2.30. The van der Waals surface area contributed by atoms with Gasteiger partial charge in [0.05, 0.1) is 12.0 Å². The van der Waals surface area contributed by atoms with Gasteiger partial charge in [0.25, 0.3) is 0 Å². The molecule has 1 amide bonds. The van der Waals surface area contributed by atoms with Crippen molar-refractivity contribution in [1.29, 1.82) is 0 Å². The van der Waals surface area contributed by atoms with Gasteiger partial charge in [-0.15, -0.1) is 0 Å². The van der Waals surface area contributed by atoms with E-state index in [1.807, 2.05) is 0 Å². The standard InChI is InChI=1S/C8H17BN2O4/c10-6(3-5-12)8(13)11-4-1-2-7(11)9(14)15/h6-7,12,14-15H,1-5,10H2. The lowest BCUT2D eigenvalue weighted by atomic mass is 9.77. The number of hydrogen-bond acceptors (Lipinski definition) is 5. The van der Waals surface area contributed by atoms with Gasteiger partial charge in [-0.3, -0.25) is 4.79 Å². The lowest BCUT2D eigenvalue weighted by molar-refractivity contribution is -0.133. The number of amides is 1. The molecule has 0 bridgehead atoms. The highest BCUT2D eigenvalue weighted by molar-refractivity contribution is 6.43. The summed E-state index contributed by atoms with van der Waals surface area (Å²) in [5.41, 5.74) is 5.56. The minimum atomic E-state index is -1.52. The Labute approximate surface area is 88.8 Å². The molecule has 0 saturated carbocycles. The number of likely N-dealkylation sites (tertiary alicyclic amines) is 1. The maximum Gasteiger partial charge on any atom is 0.475 e. The molecule has 1 aliphatic heterocycles. The first kappa shape index (κ1) is 12.4. The van der Waals surface area contributed by atoms with Crippen molar-refractivity contribution in [2.75, 3.05) is 13.2 Å². The highest BCUT2D eigenvalue weighted by atomic mass is 16.4. The van der Waals surface area contributed by atoms with Crippen LogP contribution in [-0.2, 0) is 4.79 Å². The number of aliphatic hydroxyl groups excluding tert-OH is 1. The molecule has 1 aliphatic rings. The molecule has 15 heavy (non-hydrogen) atoms. The van der Waals surface area contributed by atoms with E-state index in [4.69, 9.17) is 20.9 Å². The second kappa shape index (κ2) is 5.46. The van der Waals surface area contributed by atoms with Crippen LogP contribution in [0.4, 0.5) is 0 Å². The molecule has 0 aliphatic carbocycles. The van der Waals surface area contributed by atoms with Crippen LogP contribution in [0, 0.1) is 0 Å². The summed E-state index contributed by atoms with van der Waals surface area (Å²) in [6, 6.07) is -0.755. The van der Waals surface area contributed by atoms with Crippen molar-refractivity contribution >= 4 is 13.0 Å². The molecule has 0 radical (unpaired) electrons. The minimum absolute atomic E-state index is 0.146. The normalized spacial score (nSPS) is 22.9. The first-order chi connectivity index (χ1) is 7.07. The summed E-state index contributed by atoms with van der Waals surface area (Å²) in [5, 5.41) is 26.8. The maximum absolute atomic E-state index is 11.7. The van der Waals surface area contributed by atoms with E-state index in [2.05, 4.69) is 0 Å². The quantitative estimate of drug-likeness (QED) is 0.395. The number of aliphatic hydroxyl groups is 1. The van der Waals surface area contributed by atoms with Crippen molar-refractivity contribution in [3.8, 4) is 0 Å². The van der Waals surface area contributed by atoms with Gasteiger partial charge < -0.3 is 25.8 Å². The monoisotopic (exact) mass is 216 g/mol. The van der Waals surface area contributed by atoms with Crippen LogP contribution in [-0.4, -0.2) is 58.2 Å². The van der Waals surface area contributed by atoms with Crippen molar-refractivity contribution in [2.45, 2.75) is 31.2 Å². The van der Waals surface area contributed by atoms with Crippen molar-refractivity contribution in [2.24, 2.45) is 5.73 Å². The molecular formula is C8H17BN2O4. The molecule has 86 valence electrons. The SMILES string of the molecule is NC(CCO)C(=O)N1CCCC1B(O)O. The largest absolute Gasteiger partial charge is 0.475 e. The molecule has 5 N–H and O–H groups in total. The molecule has 6 nitrogen and oxygen atoms in total. The third kappa shape index (κ3) is 2.91. The number of carbonyl (C=O) groups is 1. The Hall–Kier alpha value is -0.625. The molecule has 1 heterocycles. The lowest BCUT2D eigenvalue weighted by Gasteiger charge is -2.26. The van der Waals surface area contributed by atoms with E-state index < -0.39 is 19.1 Å². The Kier molecular flexibility index (Phi) is 4.53. The smallest absolute Gasteiger partial charge is 0.426 e. The summed E-state index contributed by atoms with van der Waals surface area (Å²) in [6.45, 7) is 0.355. The Bertz CT molecular complexity index is 227. The molecule has 2 atom stereocenters. The van der Waals surface area contributed by atoms with Crippen LogP contribution in [0.1, 0.15) is 19.3 Å². The highest BCUT2D eigenvalue weighted by Gasteiger charge is 2.38. The van der Waals surface area contributed by atoms with Gasteiger partial charge in [0, 0.05) is 13.2 Å². The number of carbonyl (C=O) groups excluding carboxylic acids is 1. The van der Waals surface area contributed by atoms with Gasteiger partial charge in [-0.25, -0.2) is 0 Å². The van der Waals surface area contributed by atoms with E-state index in [0.717, 1.165) is 6.42 Å². The summed E-state index contributed by atoms with van der Waals surface area (Å²) in [5.74, 6) is -0.873. The molecule has 0 aromatic carbocycles. The van der Waals surface area contributed by atoms with Gasteiger partial charge >= 0.3 is 7.12 Å². The molecule has 7 heteroatoms. The van der Waals surface area contributed by atoms with Crippen LogP contribution in [0.15, 0.2) is 0 Å². The van der Waals surface area contributed by atoms with Crippen molar-refractivity contribution in [3.63, 3.8) is 0 Å². The van der Waals surface area contributed by atoms with Crippen LogP contribution in [0.5, 0.6) is 0 Å². The fraction of sp³-hybridized carbons (Fsp3) is 0.875. The van der Waals surface area contributed by atoms with Crippen molar-refractivity contribution in [1.82, 2.24) is 4.90 Å². The fourth-order valence-electron chi connectivity index (χ4n) is 1.85. The van der Waals surface area contributed by atoms with Crippen LogP contribution in [0.25, 0.3) is 0 Å². The molecular weight excluding hydrogens is 199 g/mol. The molecule has 1 saturated heterocycles. The lowest BCUT2D eigenvalue weighted by Crippen LogP contribution is -2.51. The van der Waals surface area contributed by atoms with Crippen LogP contribution >= 0.6 is 0 Å². The topological polar surface area (TPSA) is 107 Å². The molecule has 0 aromatic heterocycles. The van der Waals surface area contributed by atoms with E-state index in [9.17, 15) is 4.79 Å². The van der Waals surface area contributed by atoms with Gasteiger partial charge in [-0.1, -0.05) is 0 Å². The third-order valence-electron chi connectivity index (χ3n) is 2.68. The Balaban J connectivity index is 2.58. The maximum atomic E-state index is 11.7. The second-order valence-corrected chi connectivity index (χ2v) is 3.77. The molecule has 2 unspecified atom stereocenters. The van der Waals surface area contributed by atoms with Gasteiger partial charge in [0.2, 0.25) is 5.91 Å². The zero-order chi connectivity index (χ0) is 11.4. The first-order valence-electron chi connectivity index (χ1n) is 5.11. The first-order valence-corrected chi connectivity index (χ1v) is 5.11. The third-order valence-corrected chi connectivity index (χ3v) is 2.68. The Morgan fingerprint density at radius 1 is 1.60 bits per heavy atom. The average molecular weight is 216 g/mol. The van der Waals surface area contributed by atoms with Gasteiger partial charge in [-0.2, -0.15) is 0 Å². The van der Waals surface area contributed by atoms with Crippen LogP contribution < -0.4 is 5.73 Å². The minimum Gasteiger partial charge on any atom is -0.426 e. The average Bonchev–Trinajstić information content (AvgIpc) is 2.65. The van der Waals surface area contributed by atoms with Gasteiger partial charge in [0.1, 0.15) is 0 Å². The molecule has 0 aromatic rings. The zero-order valence-electron chi connectivity index (χ0n) is 8.54. The summed E-state index contributed by atoms with van der Waals surface area (Å²) in [7, 11) is -1.52. The summed E-state index contributed by atoms with van der Waals surface area (Å²) < 4.78 is 0. The molecule has 0 spiro atoms. The Morgan fingerprint density at radius 3 is 2.80 bits per heavy atom. The number of rotatable bonds is 4. The van der Waals surface area contributed by atoms with E-state index in [0.29, 0.717) is 13.0 Å². The summed E-state index contributed by atoms with van der Waals surface area (Å²) in [6.07, 6.45) is 1.53. The number of hydrogen-bond donors (Lipinski definition) is 4. The fourth-order valence-corrected chi connectivity index (χ4v) is 1.85. The Morgan fingerprint density at radius 2 is 2.27 bits per heavy atom. The predicted molar refractivity (Wildman–Crippen MR) is 54.6 cm³/mol. The number of nitrogens with two attached hydrogens (primary N) is 1. The van der Waals surface area contributed by atoms with E-state index in [1.54, 1.807) is 0 Å². The number of nitrogens with zero attached hydrogens (tertiary/aromatic N) is 1. The molecule has 1 rings (SSSR count). The second-order valence-electron chi connectivity index (χ2n) is 3.77. The zero-order valence-corrected chi connectivity index (χ0v) is 8.54. The van der Waals surface area contributed by atoms with Gasteiger partial charge in [0.15, 0.2) is 0 Å². The van der Waals surface area contributed by atoms with Gasteiger partial charge in [-0.05, 0) is 19.3 Å². The van der Waals surface area contributed by atoms with Crippen LogP contribution in [0.2, 0.25) is 0 Å². The summed E-state index contributed by atoms with van der Waals surface area (Å²) >= 11 is 0. The van der Waals surface area contributed by atoms with Crippen molar-refractivity contribution < 1.29 is 19.9 Å². The van der Waals surface area contributed by atoms with Crippen LogP contribution in [0.3, 0.4) is 0 Å².